The van der Waals surface area contributed by atoms with Gasteiger partial charge in [0.25, 0.3) is 0 Å². The molecule has 0 spiro atoms. The highest BCUT2D eigenvalue weighted by molar-refractivity contribution is 9.10. The maximum Gasteiger partial charge on any atom is 0.115 e. The van der Waals surface area contributed by atoms with Crippen LogP contribution >= 0.6 is 15.9 Å². The van der Waals surface area contributed by atoms with Crippen LogP contribution in [0.3, 0.4) is 0 Å². The summed E-state index contributed by atoms with van der Waals surface area (Å²) in [6, 6.07) is 6.28. The van der Waals surface area contributed by atoms with E-state index in [1.807, 2.05) is 12.1 Å². The number of halogens is 1. The highest BCUT2D eigenvalue weighted by atomic mass is 79.9. The molecule has 1 atom stereocenters. The maximum atomic E-state index is 9.61. The fourth-order valence-corrected chi connectivity index (χ4v) is 3.66. The quantitative estimate of drug-likeness (QED) is 0.906. The van der Waals surface area contributed by atoms with Gasteiger partial charge < -0.3 is 5.11 Å². The minimum absolute atomic E-state index is 0.356. The molecule has 2 saturated heterocycles. The van der Waals surface area contributed by atoms with Crippen LogP contribution in [0.25, 0.3) is 0 Å². The molecule has 0 saturated carbocycles. The van der Waals surface area contributed by atoms with Gasteiger partial charge in [0.05, 0.1) is 0 Å². The Labute approximate surface area is 123 Å². The second-order valence-electron chi connectivity index (χ2n) is 5.70. The molecule has 19 heavy (non-hydrogen) atoms. The number of nitrogens with zero attached hydrogens (tertiary/aromatic N) is 2. The van der Waals surface area contributed by atoms with E-state index >= 15 is 0 Å². The van der Waals surface area contributed by atoms with E-state index < -0.39 is 0 Å². The van der Waals surface area contributed by atoms with E-state index in [0.29, 0.717) is 5.75 Å². The summed E-state index contributed by atoms with van der Waals surface area (Å²) in [5.41, 5.74) is 1.18. The number of piperidine rings is 1. The fourth-order valence-electron chi connectivity index (χ4n) is 3.29. The van der Waals surface area contributed by atoms with Crippen LogP contribution in [0.1, 0.15) is 24.8 Å². The van der Waals surface area contributed by atoms with Crippen molar-refractivity contribution in [2.75, 3.05) is 26.2 Å². The zero-order chi connectivity index (χ0) is 13.2. The summed E-state index contributed by atoms with van der Waals surface area (Å²) < 4.78 is 1.09. The molecule has 0 amide bonds. The average Bonchev–Trinajstić information content (AvgIpc) is 2.43. The van der Waals surface area contributed by atoms with E-state index in [4.69, 9.17) is 0 Å². The van der Waals surface area contributed by atoms with Crippen molar-refractivity contribution in [3.63, 3.8) is 0 Å². The molecule has 3 rings (SSSR count). The summed E-state index contributed by atoms with van der Waals surface area (Å²) in [6.07, 6.45) is 4.09. The standard InChI is InChI=1S/C15H21BrN2O/c16-15-5-4-14(19)9-12(15)10-17-7-8-18-6-2-1-3-13(18)11-17/h4-5,9,13,19H,1-3,6-8,10-11H2. The first kappa shape index (κ1) is 13.4. The van der Waals surface area contributed by atoms with Crippen molar-refractivity contribution in [2.45, 2.75) is 31.8 Å². The zero-order valence-electron chi connectivity index (χ0n) is 11.2. The minimum Gasteiger partial charge on any atom is -0.508 e. The topological polar surface area (TPSA) is 26.7 Å². The summed E-state index contributed by atoms with van der Waals surface area (Å²) in [5, 5.41) is 9.61. The molecule has 4 heteroatoms. The SMILES string of the molecule is Oc1ccc(Br)c(CN2CCN3CCCCC3C2)c1. The maximum absolute atomic E-state index is 9.61. The Hall–Kier alpha value is -0.580. The lowest BCUT2D eigenvalue weighted by Crippen LogP contribution is -2.54. The number of phenolic OH excluding ortho intramolecular Hbond substituents is 1. The van der Waals surface area contributed by atoms with Gasteiger partial charge in [-0.1, -0.05) is 22.4 Å². The normalized spacial score (nSPS) is 25.2. The Balaban J connectivity index is 1.65. The fraction of sp³-hybridized carbons (Fsp3) is 0.600. The molecule has 2 aliphatic rings. The Morgan fingerprint density at radius 1 is 1.21 bits per heavy atom. The monoisotopic (exact) mass is 324 g/mol. The molecular weight excluding hydrogens is 304 g/mol. The van der Waals surface area contributed by atoms with Gasteiger partial charge in [0, 0.05) is 36.7 Å². The van der Waals surface area contributed by atoms with E-state index in [2.05, 4.69) is 25.7 Å². The van der Waals surface area contributed by atoms with Crippen molar-refractivity contribution in [3.05, 3.63) is 28.2 Å². The Morgan fingerprint density at radius 2 is 2.11 bits per heavy atom. The Bertz CT molecular complexity index is 452. The van der Waals surface area contributed by atoms with Crippen LogP contribution in [-0.4, -0.2) is 47.1 Å². The smallest absolute Gasteiger partial charge is 0.115 e. The first-order valence-corrected chi connectivity index (χ1v) is 7.95. The van der Waals surface area contributed by atoms with Crippen LogP contribution in [0.4, 0.5) is 0 Å². The summed E-state index contributed by atoms with van der Waals surface area (Å²) in [4.78, 5) is 5.17. The van der Waals surface area contributed by atoms with Crippen LogP contribution in [0.15, 0.2) is 22.7 Å². The lowest BCUT2D eigenvalue weighted by molar-refractivity contribution is 0.0456. The zero-order valence-corrected chi connectivity index (χ0v) is 12.8. The number of piperazine rings is 1. The van der Waals surface area contributed by atoms with E-state index in [0.717, 1.165) is 23.6 Å². The van der Waals surface area contributed by atoms with Gasteiger partial charge in [-0.05, 0) is 43.1 Å². The van der Waals surface area contributed by atoms with Crippen molar-refractivity contribution >= 4 is 15.9 Å². The minimum atomic E-state index is 0.356. The molecule has 1 aromatic carbocycles. The van der Waals surface area contributed by atoms with E-state index in [1.165, 1.54) is 44.5 Å². The predicted octanol–water partition coefficient (Wildman–Crippen LogP) is 2.82. The second-order valence-corrected chi connectivity index (χ2v) is 6.55. The second kappa shape index (κ2) is 5.81. The third-order valence-corrected chi connectivity index (χ3v) is 5.12. The summed E-state index contributed by atoms with van der Waals surface area (Å²) in [5.74, 6) is 0.356. The molecule has 1 N–H and O–H groups in total. The Morgan fingerprint density at radius 3 is 3.00 bits per heavy atom. The molecule has 2 aliphatic heterocycles. The highest BCUT2D eigenvalue weighted by Crippen LogP contribution is 2.26. The number of rotatable bonds is 2. The average molecular weight is 325 g/mol. The first-order valence-electron chi connectivity index (χ1n) is 7.16. The van der Waals surface area contributed by atoms with E-state index in [9.17, 15) is 5.11 Å². The van der Waals surface area contributed by atoms with Crippen molar-refractivity contribution in [1.29, 1.82) is 0 Å². The highest BCUT2D eigenvalue weighted by Gasteiger charge is 2.28. The van der Waals surface area contributed by atoms with Gasteiger partial charge in [-0.2, -0.15) is 0 Å². The van der Waals surface area contributed by atoms with Crippen molar-refractivity contribution in [2.24, 2.45) is 0 Å². The third-order valence-electron chi connectivity index (χ3n) is 4.34. The third kappa shape index (κ3) is 3.12. The van der Waals surface area contributed by atoms with E-state index in [1.54, 1.807) is 6.07 Å². The van der Waals surface area contributed by atoms with Crippen LogP contribution in [-0.2, 0) is 6.54 Å². The molecular formula is C15H21BrN2O. The van der Waals surface area contributed by atoms with Crippen molar-refractivity contribution < 1.29 is 5.11 Å². The molecule has 1 unspecified atom stereocenters. The number of hydrogen-bond acceptors (Lipinski definition) is 3. The molecule has 1 aromatic rings. The first-order chi connectivity index (χ1) is 9.22. The molecule has 3 nitrogen and oxygen atoms in total. The van der Waals surface area contributed by atoms with Gasteiger partial charge in [0.15, 0.2) is 0 Å². The summed E-state index contributed by atoms with van der Waals surface area (Å²) >= 11 is 3.58. The van der Waals surface area contributed by atoms with Gasteiger partial charge in [-0.15, -0.1) is 0 Å². The summed E-state index contributed by atoms with van der Waals surface area (Å²) in [7, 11) is 0. The van der Waals surface area contributed by atoms with Crippen LogP contribution in [0.5, 0.6) is 5.75 Å². The number of fused-ring (bicyclic) bond motifs is 1. The van der Waals surface area contributed by atoms with Crippen LogP contribution in [0, 0.1) is 0 Å². The summed E-state index contributed by atoms with van der Waals surface area (Å²) in [6.45, 7) is 5.72. The number of benzene rings is 1. The van der Waals surface area contributed by atoms with Gasteiger partial charge >= 0.3 is 0 Å². The van der Waals surface area contributed by atoms with Crippen LogP contribution in [0.2, 0.25) is 0 Å². The Kier molecular flexibility index (Phi) is 4.10. The van der Waals surface area contributed by atoms with Gasteiger partial charge in [-0.3, -0.25) is 9.80 Å². The largest absolute Gasteiger partial charge is 0.508 e. The molecule has 104 valence electrons. The number of aromatic hydroxyl groups is 1. The van der Waals surface area contributed by atoms with Gasteiger partial charge in [-0.25, -0.2) is 0 Å². The van der Waals surface area contributed by atoms with Gasteiger partial charge in [0.2, 0.25) is 0 Å². The molecule has 0 bridgehead atoms. The predicted molar refractivity (Wildman–Crippen MR) is 80.3 cm³/mol. The van der Waals surface area contributed by atoms with Crippen molar-refractivity contribution in [1.82, 2.24) is 9.80 Å². The molecule has 0 radical (unpaired) electrons. The van der Waals surface area contributed by atoms with Crippen molar-refractivity contribution in [3.8, 4) is 5.75 Å². The van der Waals surface area contributed by atoms with Crippen LogP contribution < -0.4 is 0 Å². The number of phenols is 1. The molecule has 0 aromatic heterocycles. The lowest BCUT2D eigenvalue weighted by Gasteiger charge is -2.44. The molecule has 0 aliphatic carbocycles. The number of hydrogen-bond donors (Lipinski definition) is 1. The molecule has 2 fully saturated rings. The van der Waals surface area contributed by atoms with E-state index in [-0.39, 0.29) is 0 Å². The lowest BCUT2D eigenvalue weighted by atomic mass is 9.99. The molecule has 2 heterocycles. The van der Waals surface area contributed by atoms with Gasteiger partial charge in [0.1, 0.15) is 5.75 Å².